The maximum absolute atomic E-state index is 11.7. The molecule has 2 unspecified atom stereocenters. The Labute approximate surface area is 103 Å². The highest BCUT2D eigenvalue weighted by atomic mass is 32.2. The molecular weight excluding hydrogens is 242 g/mol. The van der Waals surface area contributed by atoms with E-state index in [1.807, 2.05) is 13.8 Å². The minimum absolute atomic E-state index is 0.0401. The minimum atomic E-state index is -3.28. The lowest BCUT2D eigenvalue weighted by molar-refractivity contribution is -0.121. The highest BCUT2D eigenvalue weighted by molar-refractivity contribution is 7.92. The summed E-state index contributed by atoms with van der Waals surface area (Å²) < 4.78 is 23.4. The minimum Gasteiger partial charge on any atom is -0.391 e. The number of carbonyl (C=O) groups excluding carboxylic acids is 1. The standard InChI is InChI=1S/C11H21NO4S/c1-8(2)9(13)7-12-11(14)10-5-3-4-6-17(10,15)16/h8-10,13H,3-7H2,1-2H3,(H,12,14). The number of aliphatic hydroxyl groups excluding tert-OH is 1. The molecule has 0 spiro atoms. The molecule has 5 nitrogen and oxygen atoms in total. The molecule has 0 aromatic rings. The van der Waals surface area contributed by atoms with Gasteiger partial charge in [-0.05, 0) is 18.8 Å². The van der Waals surface area contributed by atoms with Gasteiger partial charge in [0.15, 0.2) is 9.84 Å². The van der Waals surface area contributed by atoms with E-state index in [0.717, 1.165) is 6.42 Å². The Kier molecular flexibility index (Phi) is 4.94. The van der Waals surface area contributed by atoms with Crippen LogP contribution >= 0.6 is 0 Å². The lowest BCUT2D eigenvalue weighted by atomic mass is 10.1. The van der Waals surface area contributed by atoms with Gasteiger partial charge >= 0.3 is 0 Å². The zero-order valence-corrected chi connectivity index (χ0v) is 11.2. The molecule has 100 valence electrons. The summed E-state index contributed by atoms with van der Waals surface area (Å²) in [5.41, 5.74) is 0. The fraction of sp³-hybridized carbons (Fsp3) is 0.909. The SMILES string of the molecule is CC(C)C(O)CNC(=O)C1CCCCS1(=O)=O. The van der Waals surface area contributed by atoms with Gasteiger partial charge in [-0.15, -0.1) is 0 Å². The zero-order chi connectivity index (χ0) is 13.1. The van der Waals surface area contributed by atoms with Crippen LogP contribution in [0.3, 0.4) is 0 Å². The maximum Gasteiger partial charge on any atom is 0.238 e. The third-order valence-corrected chi connectivity index (χ3v) is 5.30. The quantitative estimate of drug-likeness (QED) is 0.753. The van der Waals surface area contributed by atoms with Crippen molar-refractivity contribution in [3.05, 3.63) is 0 Å². The number of hydrogen-bond acceptors (Lipinski definition) is 4. The summed E-state index contributed by atoms with van der Waals surface area (Å²) >= 11 is 0. The fourth-order valence-electron chi connectivity index (χ4n) is 1.80. The molecule has 2 atom stereocenters. The van der Waals surface area contributed by atoms with Gasteiger partial charge in [0.05, 0.1) is 11.9 Å². The molecule has 0 bridgehead atoms. The third kappa shape index (κ3) is 3.96. The zero-order valence-electron chi connectivity index (χ0n) is 10.3. The fourth-order valence-corrected chi connectivity index (χ4v) is 3.63. The first-order valence-corrected chi connectivity index (χ1v) is 7.73. The molecular formula is C11H21NO4S. The molecule has 6 heteroatoms. The third-order valence-electron chi connectivity index (χ3n) is 3.13. The second kappa shape index (κ2) is 5.82. The Bertz CT molecular complexity index is 364. The van der Waals surface area contributed by atoms with Crippen LogP contribution in [0.5, 0.6) is 0 Å². The van der Waals surface area contributed by atoms with Crippen molar-refractivity contribution in [2.45, 2.75) is 44.5 Å². The topological polar surface area (TPSA) is 83.5 Å². The van der Waals surface area contributed by atoms with Crippen molar-refractivity contribution >= 4 is 15.7 Å². The van der Waals surface area contributed by atoms with E-state index >= 15 is 0 Å². The highest BCUT2D eigenvalue weighted by Gasteiger charge is 2.34. The van der Waals surface area contributed by atoms with Crippen molar-refractivity contribution in [2.75, 3.05) is 12.3 Å². The van der Waals surface area contributed by atoms with Gasteiger partial charge < -0.3 is 10.4 Å². The van der Waals surface area contributed by atoms with Crippen LogP contribution in [0, 0.1) is 5.92 Å². The van der Waals surface area contributed by atoms with E-state index in [-0.39, 0.29) is 18.2 Å². The van der Waals surface area contributed by atoms with Gasteiger partial charge in [-0.3, -0.25) is 4.79 Å². The second-order valence-corrected chi connectivity index (χ2v) is 7.21. The highest BCUT2D eigenvalue weighted by Crippen LogP contribution is 2.19. The van der Waals surface area contributed by atoms with Crippen molar-refractivity contribution in [3.8, 4) is 0 Å². The van der Waals surface area contributed by atoms with E-state index in [2.05, 4.69) is 5.32 Å². The van der Waals surface area contributed by atoms with Crippen LogP contribution in [0.2, 0.25) is 0 Å². The monoisotopic (exact) mass is 263 g/mol. The molecule has 2 N–H and O–H groups in total. The Morgan fingerprint density at radius 1 is 1.41 bits per heavy atom. The molecule has 1 aliphatic rings. The maximum atomic E-state index is 11.7. The Hall–Kier alpha value is -0.620. The van der Waals surface area contributed by atoms with Crippen LogP contribution in [-0.2, 0) is 14.6 Å². The summed E-state index contributed by atoms with van der Waals surface area (Å²) in [6.07, 6.45) is 1.17. The van der Waals surface area contributed by atoms with Gasteiger partial charge in [0, 0.05) is 6.54 Å². The van der Waals surface area contributed by atoms with Gasteiger partial charge in [0.2, 0.25) is 5.91 Å². The van der Waals surface area contributed by atoms with Gasteiger partial charge in [-0.1, -0.05) is 20.3 Å². The van der Waals surface area contributed by atoms with Crippen molar-refractivity contribution in [3.63, 3.8) is 0 Å². The largest absolute Gasteiger partial charge is 0.391 e. The van der Waals surface area contributed by atoms with Gasteiger partial charge in [-0.25, -0.2) is 8.42 Å². The number of rotatable bonds is 4. The van der Waals surface area contributed by atoms with E-state index in [1.54, 1.807) is 0 Å². The molecule has 0 aromatic carbocycles. The molecule has 0 aromatic heterocycles. The molecule has 0 saturated carbocycles. The van der Waals surface area contributed by atoms with Crippen LogP contribution < -0.4 is 5.32 Å². The van der Waals surface area contributed by atoms with Crippen LogP contribution in [0.25, 0.3) is 0 Å². The summed E-state index contributed by atoms with van der Waals surface area (Å²) in [5.74, 6) is -0.333. The number of amides is 1. The second-order valence-electron chi connectivity index (χ2n) is 4.91. The van der Waals surface area contributed by atoms with E-state index in [4.69, 9.17) is 0 Å². The van der Waals surface area contributed by atoms with Crippen LogP contribution in [-0.4, -0.2) is 43.1 Å². The molecule has 1 heterocycles. The van der Waals surface area contributed by atoms with Crippen molar-refractivity contribution in [1.29, 1.82) is 0 Å². The first kappa shape index (κ1) is 14.4. The predicted molar refractivity (Wildman–Crippen MR) is 65.3 cm³/mol. The van der Waals surface area contributed by atoms with E-state index in [9.17, 15) is 18.3 Å². The van der Waals surface area contributed by atoms with Gasteiger partial charge in [-0.2, -0.15) is 0 Å². The van der Waals surface area contributed by atoms with Crippen molar-refractivity contribution in [1.82, 2.24) is 5.32 Å². The Morgan fingerprint density at radius 3 is 2.59 bits per heavy atom. The van der Waals surface area contributed by atoms with Crippen LogP contribution in [0.15, 0.2) is 0 Å². The molecule has 1 aliphatic heterocycles. The number of carbonyl (C=O) groups is 1. The number of hydrogen-bond donors (Lipinski definition) is 2. The van der Waals surface area contributed by atoms with Crippen LogP contribution in [0.1, 0.15) is 33.1 Å². The Morgan fingerprint density at radius 2 is 2.06 bits per heavy atom. The molecule has 1 amide bonds. The first-order chi connectivity index (χ1) is 7.84. The number of nitrogens with one attached hydrogen (secondary N) is 1. The molecule has 1 saturated heterocycles. The Balaban J connectivity index is 2.52. The molecule has 0 aliphatic carbocycles. The van der Waals surface area contributed by atoms with Crippen LogP contribution in [0.4, 0.5) is 0 Å². The van der Waals surface area contributed by atoms with Gasteiger partial charge in [0.25, 0.3) is 0 Å². The predicted octanol–water partition coefficient (Wildman–Crippen LogP) is 0.0868. The summed E-state index contributed by atoms with van der Waals surface area (Å²) in [7, 11) is -3.28. The van der Waals surface area contributed by atoms with E-state index in [1.165, 1.54) is 0 Å². The average Bonchev–Trinajstić information content (AvgIpc) is 2.24. The molecule has 17 heavy (non-hydrogen) atoms. The van der Waals surface area contributed by atoms with Crippen molar-refractivity contribution in [2.24, 2.45) is 5.92 Å². The molecule has 0 radical (unpaired) electrons. The van der Waals surface area contributed by atoms with E-state index < -0.39 is 27.1 Å². The summed E-state index contributed by atoms with van der Waals surface area (Å²) in [5, 5.41) is 11.1. The molecule has 1 fully saturated rings. The summed E-state index contributed by atoms with van der Waals surface area (Å²) in [6.45, 7) is 3.80. The average molecular weight is 263 g/mol. The lowest BCUT2D eigenvalue weighted by Crippen LogP contribution is -2.45. The smallest absolute Gasteiger partial charge is 0.238 e. The number of aliphatic hydroxyl groups is 1. The van der Waals surface area contributed by atoms with Crippen molar-refractivity contribution < 1.29 is 18.3 Å². The van der Waals surface area contributed by atoms with E-state index in [0.29, 0.717) is 12.8 Å². The molecule has 1 rings (SSSR count). The first-order valence-electron chi connectivity index (χ1n) is 6.02. The summed E-state index contributed by atoms with van der Waals surface area (Å²) in [6, 6.07) is 0. The number of sulfone groups is 1. The summed E-state index contributed by atoms with van der Waals surface area (Å²) in [4.78, 5) is 11.7. The lowest BCUT2D eigenvalue weighted by Gasteiger charge is -2.22. The normalized spacial score (nSPS) is 25.5. The van der Waals surface area contributed by atoms with Gasteiger partial charge in [0.1, 0.15) is 5.25 Å².